The number of hydrogen-bond acceptors (Lipinski definition) is 5. The Bertz CT molecular complexity index is 697. The number of hydrogen-bond donors (Lipinski definition) is 2. The van der Waals surface area contributed by atoms with E-state index in [-0.39, 0.29) is 17.2 Å². The summed E-state index contributed by atoms with van der Waals surface area (Å²) >= 11 is 1.03. The molecule has 2 rings (SSSR count). The molecule has 0 fully saturated rings. The zero-order valence-electron chi connectivity index (χ0n) is 12.3. The first-order valence-corrected chi connectivity index (χ1v) is 7.41. The molecule has 0 radical (unpaired) electrons. The van der Waals surface area contributed by atoms with Crippen LogP contribution in [0.25, 0.3) is 0 Å². The Morgan fingerprint density at radius 3 is 2.73 bits per heavy atom. The second kappa shape index (κ2) is 7.04. The first kappa shape index (κ1) is 16.0. The smallest absolute Gasteiger partial charge is 0.347 e. The minimum Gasteiger partial charge on any atom is -0.496 e. The van der Waals surface area contributed by atoms with Crippen LogP contribution < -0.4 is 10.1 Å². The molecule has 0 bridgehead atoms. The number of ether oxygens (including phenoxy) is 1. The summed E-state index contributed by atoms with van der Waals surface area (Å²) in [7, 11) is 1.58. The van der Waals surface area contributed by atoms with Crippen LogP contribution in [0.2, 0.25) is 0 Å². The molecule has 1 aromatic carbocycles. The van der Waals surface area contributed by atoms with Gasteiger partial charge >= 0.3 is 5.97 Å². The average Bonchev–Trinajstić information content (AvgIpc) is 2.86. The van der Waals surface area contributed by atoms with Gasteiger partial charge in [-0.1, -0.05) is 18.2 Å². The van der Waals surface area contributed by atoms with Crippen molar-refractivity contribution in [2.45, 2.75) is 19.9 Å². The lowest BCUT2D eigenvalue weighted by molar-refractivity contribution is -0.120. The summed E-state index contributed by atoms with van der Waals surface area (Å²) in [5.41, 5.74) is 1.31. The van der Waals surface area contributed by atoms with Crippen molar-refractivity contribution >= 4 is 23.2 Å². The van der Waals surface area contributed by atoms with E-state index in [0.29, 0.717) is 23.0 Å². The molecule has 0 saturated heterocycles. The number of nitrogens with one attached hydrogen (secondary N) is 1. The lowest BCUT2D eigenvalue weighted by Crippen LogP contribution is -2.24. The number of amides is 1. The Hall–Kier alpha value is -2.41. The van der Waals surface area contributed by atoms with Crippen molar-refractivity contribution in [2.24, 2.45) is 0 Å². The van der Waals surface area contributed by atoms with Crippen LogP contribution in [0.15, 0.2) is 24.3 Å². The molecule has 1 heterocycles. The number of thiazole rings is 1. The lowest BCUT2D eigenvalue weighted by atomic mass is 10.2. The molecule has 0 saturated carbocycles. The van der Waals surface area contributed by atoms with Crippen molar-refractivity contribution in [1.29, 1.82) is 0 Å². The number of methoxy groups -OCH3 is 1. The molecule has 2 aromatic rings. The summed E-state index contributed by atoms with van der Waals surface area (Å²) in [5.74, 6) is -0.520. The number of para-hydroxylation sites is 1. The van der Waals surface area contributed by atoms with Crippen LogP contribution in [0.5, 0.6) is 5.75 Å². The molecule has 0 aliphatic heterocycles. The molecule has 7 heteroatoms. The van der Waals surface area contributed by atoms with Gasteiger partial charge in [-0.25, -0.2) is 9.78 Å². The summed E-state index contributed by atoms with van der Waals surface area (Å²) in [6, 6.07) is 7.42. The molecule has 0 unspecified atom stereocenters. The number of rotatable bonds is 6. The highest BCUT2D eigenvalue weighted by Gasteiger charge is 2.16. The SMILES string of the molecule is COc1ccccc1CNC(=O)Cc1nc(C)c(C(=O)O)s1. The Balaban J connectivity index is 1.96. The first-order chi connectivity index (χ1) is 10.5. The largest absolute Gasteiger partial charge is 0.496 e. The predicted molar refractivity (Wildman–Crippen MR) is 82.4 cm³/mol. The van der Waals surface area contributed by atoms with E-state index in [4.69, 9.17) is 9.84 Å². The van der Waals surface area contributed by atoms with Gasteiger partial charge in [0.2, 0.25) is 5.91 Å². The van der Waals surface area contributed by atoms with Crippen LogP contribution in [0, 0.1) is 6.92 Å². The van der Waals surface area contributed by atoms with Gasteiger partial charge in [0.25, 0.3) is 0 Å². The Morgan fingerprint density at radius 1 is 1.36 bits per heavy atom. The standard InChI is InChI=1S/C15H16N2O4S/c1-9-14(15(19)20)22-13(17-9)7-12(18)16-8-10-5-3-4-6-11(10)21-2/h3-6H,7-8H2,1-2H3,(H,16,18)(H,19,20). The van der Waals surface area contributed by atoms with Crippen molar-refractivity contribution < 1.29 is 19.4 Å². The molecule has 1 amide bonds. The van der Waals surface area contributed by atoms with Crippen LogP contribution >= 0.6 is 11.3 Å². The second-order valence-corrected chi connectivity index (χ2v) is 5.68. The summed E-state index contributed by atoms with van der Waals surface area (Å²) in [6.45, 7) is 1.97. The zero-order valence-corrected chi connectivity index (χ0v) is 13.1. The molecule has 2 N–H and O–H groups in total. The minimum absolute atomic E-state index is 0.0634. The van der Waals surface area contributed by atoms with Gasteiger partial charge in [-0.05, 0) is 13.0 Å². The highest BCUT2D eigenvalue weighted by Crippen LogP contribution is 2.19. The van der Waals surface area contributed by atoms with E-state index in [0.717, 1.165) is 16.9 Å². The van der Waals surface area contributed by atoms with Crippen LogP contribution in [0.3, 0.4) is 0 Å². The zero-order chi connectivity index (χ0) is 16.1. The van der Waals surface area contributed by atoms with E-state index in [1.165, 1.54) is 0 Å². The highest BCUT2D eigenvalue weighted by atomic mass is 32.1. The van der Waals surface area contributed by atoms with Crippen molar-refractivity contribution in [3.8, 4) is 5.75 Å². The number of aromatic carboxylic acids is 1. The van der Waals surface area contributed by atoms with Gasteiger partial charge < -0.3 is 15.2 Å². The third-order valence-corrected chi connectivity index (χ3v) is 4.16. The molecule has 0 atom stereocenters. The van der Waals surface area contributed by atoms with Crippen molar-refractivity contribution in [2.75, 3.05) is 7.11 Å². The molecule has 116 valence electrons. The summed E-state index contributed by atoms with van der Waals surface area (Å²) < 4.78 is 5.21. The van der Waals surface area contributed by atoms with Gasteiger partial charge in [0.05, 0.1) is 19.2 Å². The number of carboxylic acids is 1. The Morgan fingerprint density at radius 2 is 2.09 bits per heavy atom. The van der Waals surface area contributed by atoms with E-state index in [1.54, 1.807) is 14.0 Å². The molecular weight excluding hydrogens is 304 g/mol. The number of carboxylic acid groups (broad SMARTS) is 1. The number of benzene rings is 1. The van der Waals surface area contributed by atoms with Gasteiger partial charge in [0.15, 0.2) is 0 Å². The van der Waals surface area contributed by atoms with Gasteiger partial charge in [-0.15, -0.1) is 11.3 Å². The third-order valence-electron chi connectivity index (χ3n) is 3.02. The van der Waals surface area contributed by atoms with Gasteiger partial charge in [0, 0.05) is 12.1 Å². The van der Waals surface area contributed by atoms with Gasteiger partial charge in [-0.2, -0.15) is 0 Å². The monoisotopic (exact) mass is 320 g/mol. The van der Waals surface area contributed by atoms with Crippen LogP contribution in [0.4, 0.5) is 0 Å². The number of aromatic nitrogens is 1. The number of carbonyl (C=O) groups is 2. The van der Waals surface area contributed by atoms with Crippen LogP contribution in [0.1, 0.15) is 25.9 Å². The van der Waals surface area contributed by atoms with Crippen molar-refractivity contribution in [1.82, 2.24) is 10.3 Å². The minimum atomic E-state index is -1.02. The summed E-state index contributed by atoms with van der Waals surface area (Å²) in [5, 5.41) is 12.3. The maximum atomic E-state index is 11.9. The average molecular weight is 320 g/mol. The normalized spacial score (nSPS) is 10.3. The molecular formula is C15H16N2O4S. The maximum absolute atomic E-state index is 11.9. The van der Waals surface area contributed by atoms with Crippen molar-refractivity contribution in [3.63, 3.8) is 0 Å². The fourth-order valence-corrected chi connectivity index (χ4v) is 2.87. The van der Waals surface area contributed by atoms with Crippen LogP contribution in [-0.4, -0.2) is 29.1 Å². The van der Waals surface area contributed by atoms with E-state index >= 15 is 0 Å². The van der Waals surface area contributed by atoms with Gasteiger partial charge in [0.1, 0.15) is 15.6 Å². The lowest BCUT2D eigenvalue weighted by Gasteiger charge is -2.08. The fraction of sp³-hybridized carbons (Fsp3) is 0.267. The van der Waals surface area contributed by atoms with Gasteiger partial charge in [-0.3, -0.25) is 4.79 Å². The number of nitrogens with zero attached hydrogens (tertiary/aromatic N) is 1. The summed E-state index contributed by atoms with van der Waals surface area (Å²) in [4.78, 5) is 27.2. The molecule has 0 aliphatic carbocycles. The second-order valence-electron chi connectivity index (χ2n) is 4.59. The first-order valence-electron chi connectivity index (χ1n) is 6.59. The maximum Gasteiger partial charge on any atom is 0.347 e. The molecule has 6 nitrogen and oxygen atoms in total. The highest BCUT2D eigenvalue weighted by molar-refractivity contribution is 7.13. The molecule has 22 heavy (non-hydrogen) atoms. The fourth-order valence-electron chi connectivity index (χ4n) is 1.97. The van der Waals surface area contributed by atoms with E-state index in [9.17, 15) is 9.59 Å². The van der Waals surface area contributed by atoms with E-state index in [2.05, 4.69) is 10.3 Å². The van der Waals surface area contributed by atoms with Crippen LogP contribution in [-0.2, 0) is 17.8 Å². The Kier molecular flexibility index (Phi) is 5.11. The quantitative estimate of drug-likeness (QED) is 0.850. The molecule has 0 spiro atoms. The molecule has 0 aliphatic rings. The Labute approximate surface area is 131 Å². The predicted octanol–water partition coefficient (Wildman–Crippen LogP) is 2.02. The van der Waals surface area contributed by atoms with E-state index in [1.807, 2.05) is 24.3 Å². The van der Waals surface area contributed by atoms with Crippen molar-refractivity contribution in [3.05, 3.63) is 45.4 Å². The summed E-state index contributed by atoms with van der Waals surface area (Å²) in [6.07, 6.45) is 0.0634. The van der Waals surface area contributed by atoms with E-state index < -0.39 is 5.97 Å². The number of carbonyl (C=O) groups excluding carboxylic acids is 1. The topological polar surface area (TPSA) is 88.5 Å². The third kappa shape index (κ3) is 3.82. The molecule has 1 aromatic heterocycles. The number of aryl methyl sites for hydroxylation is 1.